The van der Waals surface area contributed by atoms with Gasteiger partial charge in [0.2, 0.25) is 0 Å². The lowest BCUT2D eigenvalue weighted by molar-refractivity contribution is 0.794. The van der Waals surface area contributed by atoms with Gasteiger partial charge in [-0.2, -0.15) is 0 Å². The largest absolute Gasteiger partial charge is 0.354 e. The number of nitrogens with one attached hydrogen (secondary N) is 1. The summed E-state index contributed by atoms with van der Waals surface area (Å²) >= 11 is 0. The topological polar surface area (TPSA) is 20.7 Å². The zero-order valence-electron chi connectivity index (χ0n) is 38.0. The number of fused-ring (bicyclic) bond motifs is 28. The molecule has 2 heterocycles. The molecule has 2 heteroatoms. The monoisotopic (exact) mass is 884 g/mol. The number of nitrogens with zero attached hydrogens (tertiary/aromatic N) is 1. The molecule has 0 saturated carbocycles. The Morgan fingerprint density at radius 3 is 1.29 bits per heavy atom. The van der Waals surface area contributed by atoms with Crippen LogP contribution in [0.4, 0.5) is 0 Å². The predicted octanol–water partition coefficient (Wildman–Crippen LogP) is 16.8. The summed E-state index contributed by atoms with van der Waals surface area (Å²) < 4.78 is 2.53. The molecule has 11 aromatic carbocycles. The Bertz CT molecular complexity index is 4390. The molecule has 2 aromatic heterocycles. The highest BCUT2D eigenvalue weighted by Crippen LogP contribution is 2.66. The number of rotatable bonds is 2. The van der Waals surface area contributed by atoms with Gasteiger partial charge in [0, 0.05) is 43.9 Å². The molecule has 2 spiro atoms. The lowest BCUT2D eigenvalue weighted by Gasteiger charge is -2.30. The van der Waals surface area contributed by atoms with Gasteiger partial charge in [0.1, 0.15) is 0 Å². The summed E-state index contributed by atoms with van der Waals surface area (Å²) in [6.45, 7) is 0. The molecule has 0 amide bonds. The Labute approximate surface area is 404 Å². The van der Waals surface area contributed by atoms with E-state index in [0.29, 0.717) is 0 Å². The summed E-state index contributed by atoms with van der Waals surface area (Å²) in [4.78, 5) is 3.99. The molecule has 0 atom stereocenters. The Kier molecular flexibility index (Phi) is 6.86. The van der Waals surface area contributed by atoms with Crippen molar-refractivity contribution in [3.63, 3.8) is 0 Å². The SMILES string of the molecule is c1ccc(-n2c3ccc(-c4ccc5[nH]c6c7c(ccc6c5c4)C4(c5ccccc5-c5ccccc54)c4ccccc4-7)cc3c3ccc4c(c32)-c2ccccc2C42c3ccccc3-c3ccccc32)cc1. The minimum Gasteiger partial charge on any atom is -0.354 e. The molecule has 4 aliphatic rings. The second kappa shape index (κ2) is 13.0. The summed E-state index contributed by atoms with van der Waals surface area (Å²) in [5, 5.41) is 5.00. The molecule has 13 aromatic rings. The first-order valence-corrected chi connectivity index (χ1v) is 24.6. The standard InChI is InChI=1S/C68H40N2/c1-2-16-42(17-3-1)70-62-37-31-41(39-52(62)48-33-35-60-64(66(48)70)50-23-9-15-29-58(50)68(60)55-26-12-6-20-45(55)46-21-7-13-27-56(46)68)40-30-36-61-51(38-40)47-32-34-59-63(65(47)69-61)49-22-8-14-28-57(49)67(59)53-24-10-4-18-43(53)44-19-5-11-25-54(44)67/h1-39,69H. The molecular weight excluding hydrogens is 845 g/mol. The van der Waals surface area contributed by atoms with Crippen LogP contribution >= 0.6 is 0 Å². The molecule has 0 unspecified atom stereocenters. The predicted molar refractivity (Wildman–Crippen MR) is 288 cm³/mol. The van der Waals surface area contributed by atoms with Crippen molar-refractivity contribution >= 4 is 43.6 Å². The van der Waals surface area contributed by atoms with Gasteiger partial charge in [-0.3, -0.25) is 0 Å². The van der Waals surface area contributed by atoms with Crippen molar-refractivity contribution < 1.29 is 0 Å². The maximum atomic E-state index is 3.99. The van der Waals surface area contributed by atoms with Gasteiger partial charge in [0.05, 0.1) is 27.4 Å². The van der Waals surface area contributed by atoms with Crippen LogP contribution in [0, 0.1) is 0 Å². The Balaban J connectivity index is 0.887. The second-order valence-electron chi connectivity index (χ2n) is 19.9. The van der Waals surface area contributed by atoms with E-state index in [0.717, 1.165) is 11.2 Å². The van der Waals surface area contributed by atoms with Crippen LogP contribution in [0.3, 0.4) is 0 Å². The van der Waals surface area contributed by atoms with Gasteiger partial charge in [-0.15, -0.1) is 0 Å². The molecule has 1 N–H and O–H groups in total. The van der Waals surface area contributed by atoms with Crippen LogP contribution in [0.5, 0.6) is 0 Å². The lowest BCUT2D eigenvalue weighted by Crippen LogP contribution is -2.25. The van der Waals surface area contributed by atoms with E-state index in [9.17, 15) is 0 Å². The summed E-state index contributed by atoms with van der Waals surface area (Å²) in [7, 11) is 0. The Morgan fingerprint density at radius 1 is 0.300 bits per heavy atom. The van der Waals surface area contributed by atoms with Crippen LogP contribution in [-0.4, -0.2) is 9.55 Å². The van der Waals surface area contributed by atoms with E-state index >= 15 is 0 Å². The van der Waals surface area contributed by atoms with Crippen molar-refractivity contribution in [1.82, 2.24) is 9.55 Å². The maximum absolute atomic E-state index is 3.99. The first kappa shape index (κ1) is 37.1. The average molecular weight is 885 g/mol. The molecule has 4 aliphatic carbocycles. The molecule has 0 saturated heterocycles. The third-order valence-corrected chi connectivity index (χ3v) is 17.0. The molecule has 322 valence electrons. The van der Waals surface area contributed by atoms with Gasteiger partial charge in [-0.05, 0) is 125 Å². The first-order chi connectivity index (χ1) is 34.7. The summed E-state index contributed by atoms with van der Waals surface area (Å²) in [5.74, 6) is 0. The fourth-order valence-corrected chi connectivity index (χ4v) is 14.4. The van der Waals surface area contributed by atoms with E-state index in [-0.39, 0.29) is 5.41 Å². The number of para-hydroxylation sites is 1. The van der Waals surface area contributed by atoms with Crippen molar-refractivity contribution in [1.29, 1.82) is 0 Å². The molecule has 2 nitrogen and oxygen atoms in total. The highest BCUT2D eigenvalue weighted by Gasteiger charge is 2.53. The van der Waals surface area contributed by atoms with Gasteiger partial charge < -0.3 is 9.55 Å². The van der Waals surface area contributed by atoms with Gasteiger partial charge in [0.25, 0.3) is 0 Å². The van der Waals surface area contributed by atoms with Crippen molar-refractivity contribution in [2.75, 3.05) is 0 Å². The number of hydrogen-bond acceptors (Lipinski definition) is 0. The minimum atomic E-state index is -0.417. The summed E-state index contributed by atoms with van der Waals surface area (Å²) in [6.07, 6.45) is 0. The zero-order chi connectivity index (χ0) is 45.5. The van der Waals surface area contributed by atoms with E-state index in [4.69, 9.17) is 0 Å². The molecule has 0 aliphatic heterocycles. The lowest BCUT2D eigenvalue weighted by atomic mass is 9.70. The van der Waals surface area contributed by atoms with Crippen molar-refractivity contribution in [2.24, 2.45) is 0 Å². The normalized spacial score (nSPS) is 14.5. The van der Waals surface area contributed by atoms with Crippen molar-refractivity contribution in [3.05, 3.63) is 281 Å². The van der Waals surface area contributed by atoms with Gasteiger partial charge >= 0.3 is 0 Å². The molecule has 17 rings (SSSR count). The third-order valence-electron chi connectivity index (χ3n) is 17.0. The van der Waals surface area contributed by atoms with E-state index in [1.54, 1.807) is 0 Å². The smallest absolute Gasteiger partial charge is 0.0726 e. The number of H-pyrrole nitrogens is 1. The van der Waals surface area contributed by atoms with Crippen LogP contribution in [0.2, 0.25) is 0 Å². The van der Waals surface area contributed by atoms with Gasteiger partial charge in [-0.25, -0.2) is 0 Å². The van der Waals surface area contributed by atoms with Crippen LogP contribution in [-0.2, 0) is 10.8 Å². The second-order valence-corrected chi connectivity index (χ2v) is 19.9. The molecule has 70 heavy (non-hydrogen) atoms. The first-order valence-electron chi connectivity index (χ1n) is 24.6. The quantitative estimate of drug-likeness (QED) is 0.179. The highest BCUT2D eigenvalue weighted by atomic mass is 15.0. The number of aromatic amines is 1. The average Bonchev–Trinajstić information content (AvgIpc) is 4.25. The molecule has 0 fully saturated rings. The number of hydrogen-bond donors (Lipinski definition) is 1. The Morgan fingerprint density at radius 2 is 0.729 bits per heavy atom. The van der Waals surface area contributed by atoms with Crippen LogP contribution in [0.1, 0.15) is 44.5 Å². The fraction of sp³-hybridized carbons (Fsp3) is 0.0294. The third kappa shape index (κ3) is 4.22. The molecule has 0 radical (unpaired) electrons. The summed E-state index contributed by atoms with van der Waals surface area (Å²) in [6, 6.07) is 89.4. The van der Waals surface area contributed by atoms with Crippen LogP contribution < -0.4 is 0 Å². The van der Waals surface area contributed by atoms with Crippen molar-refractivity contribution in [2.45, 2.75) is 10.8 Å². The molecular formula is C68H40N2. The molecule has 0 bridgehead atoms. The fourth-order valence-electron chi connectivity index (χ4n) is 14.4. The number of benzene rings is 11. The summed E-state index contributed by atoms with van der Waals surface area (Å²) in [5.41, 5.74) is 29.0. The van der Waals surface area contributed by atoms with E-state index < -0.39 is 5.41 Å². The highest BCUT2D eigenvalue weighted by molar-refractivity contribution is 6.19. The van der Waals surface area contributed by atoms with Crippen LogP contribution in [0.25, 0.3) is 105 Å². The van der Waals surface area contributed by atoms with Gasteiger partial charge in [-0.1, -0.05) is 200 Å². The maximum Gasteiger partial charge on any atom is 0.0726 e. The van der Waals surface area contributed by atoms with E-state index in [1.807, 2.05) is 0 Å². The van der Waals surface area contributed by atoms with Gasteiger partial charge in [0.15, 0.2) is 0 Å². The minimum absolute atomic E-state index is 0.376. The zero-order valence-corrected chi connectivity index (χ0v) is 38.0. The van der Waals surface area contributed by atoms with Crippen LogP contribution in [0.15, 0.2) is 237 Å². The Hall–Kier alpha value is -8.98. The van der Waals surface area contributed by atoms with Crippen molar-refractivity contribution in [3.8, 4) is 61.3 Å². The van der Waals surface area contributed by atoms with E-state index in [1.165, 1.54) is 138 Å². The number of aromatic nitrogens is 2. The van der Waals surface area contributed by atoms with E-state index in [2.05, 4.69) is 246 Å².